The van der Waals surface area contributed by atoms with Gasteiger partial charge in [-0.3, -0.25) is 4.90 Å². The van der Waals surface area contributed by atoms with Crippen molar-refractivity contribution in [3.63, 3.8) is 0 Å². The Morgan fingerprint density at radius 3 is 2.95 bits per heavy atom. The van der Waals surface area contributed by atoms with Gasteiger partial charge in [0.25, 0.3) is 0 Å². The summed E-state index contributed by atoms with van der Waals surface area (Å²) in [5.41, 5.74) is 6.79. The number of ether oxygens (including phenoxy) is 1. The molecule has 1 fully saturated rings. The number of hydrogen-bond donors (Lipinski definition) is 1. The fourth-order valence-electron chi connectivity index (χ4n) is 2.73. The Morgan fingerprint density at radius 2 is 2.30 bits per heavy atom. The summed E-state index contributed by atoms with van der Waals surface area (Å²) in [5.74, 6) is -0.360. The lowest BCUT2D eigenvalue weighted by Gasteiger charge is -2.39. The minimum atomic E-state index is -0.360. The minimum Gasteiger partial charge on any atom is -0.389 e. The fraction of sp³-hybridized carbons (Fsp3) is 0.533. The van der Waals surface area contributed by atoms with Crippen molar-refractivity contribution in [1.82, 2.24) is 4.90 Å². The Kier molecular flexibility index (Phi) is 4.73. The number of likely N-dealkylation sites (tertiary alicyclic amines) is 1. The second-order valence-electron chi connectivity index (χ2n) is 5.65. The summed E-state index contributed by atoms with van der Waals surface area (Å²) < 4.78 is 19.2. The largest absolute Gasteiger partial charge is 0.389 e. The molecule has 0 spiro atoms. The lowest BCUT2D eigenvalue weighted by molar-refractivity contribution is -0.0527. The van der Waals surface area contributed by atoms with Crippen molar-refractivity contribution < 1.29 is 9.13 Å². The van der Waals surface area contributed by atoms with Crippen molar-refractivity contribution >= 4 is 17.2 Å². The Hall–Kier alpha value is -1.04. The molecule has 1 unspecified atom stereocenters. The van der Waals surface area contributed by atoms with E-state index in [1.165, 1.54) is 6.07 Å². The molecule has 1 atom stereocenters. The molecule has 5 heteroatoms. The molecule has 110 valence electrons. The summed E-state index contributed by atoms with van der Waals surface area (Å²) in [6.45, 7) is 4.79. The Balaban J connectivity index is 2.10. The topological polar surface area (TPSA) is 38.5 Å². The van der Waals surface area contributed by atoms with Crippen LogP contribution in [0.4, 0.5) is 4.39 Å². The molecule has 0 radical (unpaired) electrons. The monoisotopic (exact) mass is 296 g/mol. The van der Waals surface area contributed by atoms with Gasteiger partial charge in [-0.05, 0) is 44.0 Å². The quantitative estimate of drug-likeness (QED) is 0.866. The van der Waals surface area contributed by atoms with Gasteiger partial charge in [0.05, 0.1) is 5.60 Å². The van der Waals surface area contributed by atoms with Crippen molar-refractivity contribution in [2.45, 2.75) is 31.9 Å². The number of nitrogens with two attached hydrogens (primary N) is 1. The molecule has 1 aromatic carbocycles. The summed E-state index contributed by atoms with van der Waals surface area (Å²) in [4.78, 5) is 2.42. The van der Waals surface area contributed by atoms with Gasteiger partial charge in [-0.15, -0.1) is 0 Å². The third-order valence-corrected chi connectivity index (χ3v) is 4.15. The van der Waals surface area contributed by atoms with Gasteiger partial charge in [0, 0.05) is 25.8 Å². The third-order valence-electron chi connectivity index (χ3n) is 3.93. The highest BCUT2D eigenvalue weighted by molar-refractivity contribution is 7.80. The van der Waals surface area contributed by atoms with E-state index in [0.717, 1.165) is 38.0 Å². The molecule has 2 N–H and O–H groups in total. The first-order valence-electron chi connectivity index (χ1n) is 6.79. The predicted octanol–water partition coefficient (Wildman–Crippen LogP) is 2.46. The zero-order valence-electron chi connectivity index (χ0n) is 12.0. The first-order valence-corrected chi connectivity index (χ1v) is 7.20. The van der Waals surface area contributed by atoms with Crippen LogP contribution in [-0.2, 0) is 11.3 Å². The molecule has 2 rings (SSSR count). The van der Waals surface area contributed by atoms with Crippen LogP contribution in [0, 0.1) is 5.82 Å². The highest BCUT2D eigenvalue weighted by atomic mass is 32.1. The maximum absolute atomic E-state index is 13.6. The molecular weight excluding hydrogens is 275 g/mol. The Bertz CT molecular complexity index is 509. The van der Waals surface area contributed by atoms with Crippen LogP contribution in [0.1, 0.15) is 30.9 Å². The SMILES string of the molecule is COC1(C)CCCN(Cc2ccc(F)c(C(N)=S)c2)C1. The molecule has 0 aliphatic carbocycles. The molecule has 20 heavy (non-hydrogen) atoms. The molecule has 1 aliphatic heterocycles. The molecule has 0 bridgehead atoms. The predicted molar refractivity (Wildman–Crippen MR) is 82.2 cm³/mol. The van der Waals surface area contributed by atoms with Crippen molar-refractivity contribution in [1.29, 1.82) is 0 Å². The number of benzene rings is 1. The average Bonchev–Trinajstić information content (AvgIpc) is 2.41. The average molecular weight is 296 g/mol. The Morgan fingerprint density at radius 1 is 1.55 bits per heavy atom. The number of thiocarbonyl (C=S) groups is 1. The van der Waals surface area contributed by atoms with Gasteiger partial charge in [0.2, 0.25) is 0 Å². The maximum atomic E-state index is 13.6. The van der Waals surface area contributed by atoms with Crippen LogP contribution in [0.15, 0.2) is 18.2 Å². The molecule has 1 heterocycles. The molecule has 1 aromatic rings. The maximum Gasteiger partial charge on any atom is 0.133 e. The highest BCUT2D eigenvalue weighted by Crippen LogP contribution is 2.25. The number of rotatable bonds is 4. The van der Waals surface area contributed by atoms with Gasteiger partial charge in [-0.1, -0.05) is 18.3 Å². The third kappa shape index (κ3) is 3.53. The number of nitrogens with zero attached hydrogens (tertiary/aromatic N) is 1. The van der Waals surface area contributed by atoms with E-state index in [-0.39, 0.29) is 16.4 Å². The van der Waals surface area contributed by atoms with E-state index in [1.54, 1.807) is 19.2 Å². The van der Waals surface area contributed by atoms with Gasteiger partial charge in [0.15, 0.2) is 0 Å². The second kappa shape index (κ2) is 6.16. The molecule has 1 saturated heterocycles. The molecule has 3 nitrogen and oxygen atoms in total. The Labute approximate surface area is 124 Å². The van der Waals surface area contributed by atoms with Crippen molar-refractivity contribution in [2.24, 2.45) is 5.73 Å². The van der Waals surface area contributed by atoms with E-state index in [1.807, 2.05) is 0 Å². The summed E-state index contributed by atoms with van der Waals surface area (Å²) >= 11 is 4.87. The van der Waals surface area contributed by atoms with E-state index in [9.17, 15) is 4.39 Å². The molecular formula is C15H21FN2OS. The summed E-state index contributed by atoms with van der Waals surface area (Å²) in [6.07, 6.45) is 2.18. The van der Waals surface area contributed by atoms with Gasteiger partial charge in [0.1, 0.15) is 10.8 Å². The lowest BCUT2D eigenvalue weighted by Crippen LogP contribution is -2.46. The first-order chi connectivity index (χ1) is 9.43. The zero-order valence-corrected chi connectivity index (χ0v) is 12.8. The number of halogens is 1. The number of piperidine rings is 1. The van der Waals surface area contributed by atoms with Crippen LogP contribution in [0.3, 0.4) is 0 Å². The van der Waals surface area contributed by atoms with Gasteiger partial charge in [-0.2, -0.15) is 0 Å². The highest BCUT2D eigenvalue weighted by Gasteiger charge is 2.30. The molecule has 0 amide bonds. The fourth-order valence-corrected chi connectivity index (χ4v) is 2.88. The minimum absolute atomic E-state index is 0.0930. The van der Waals surface area contributed by atoms with Crippen LogP contribution in [0.25, 0.3) is 0 Å². The van der Waals surface area contributed by atoms with Crippen LogP contribution in [0.2, 0.25) is 0 Å². The van der Waals surface area contributed by atoms with E-state index in [4.69, 9.17) is 22.7 Å². The lowest BCUT2D eigenvalue weighted by atomic mass is 9.94. The molecule has 1 aliphatic rings. The number of hydrogen-bond acceptors (Lipinski definition) is 3. The zero-order chi connectivity index (χ0) is 14.8. The van der Waals surface area contributed by atoms with E-state index in [2.05, 4.69) is 11.8 Å². The smallest absolute Gasteiger partial charge is 0.133 e. The van der Waals surface area contributed by atoms with Crippen molar-refractivity contribution in [3.8, 4) is 0 Å². The van der Waals surface area contributed by atoms with Crippen molar-refractivity contribution in [3.05, 3.63) is 35.1 Å². The molecule has 0 saturated carbocycles. The van der Waals surface area contributed by atoms with Crippen LogP contribution in [0.5, 0.6) is 0 Å². The molecule has 0 aromatic heterocycles. The number of methoxy groups -OCH3 is 1. The second-order valence-corrected chi connectivity index (χ2v) is 6.09. The van der Waals surface area contributed by atoms with Crippen LogP contribution in [-0.4, -0.2) is 35.7 Å². The summed E-state index contributed by atoms with van der Waals surface area (Å²) in [6, 6.07) is 4.97. The van der Waals surface area contributed by atoms with Gasteiger partial charge < -0.3 is 10.5 Å². The normalized spacial score (nSPS) is 23.8. The van der Waals surface area contributed by atoms with E-state index >= 15 is 0 Å². The van der Waals surface area contributed by atoms with Crippen LogP contribution >= 0.6 is 12.2 Å². The first kappa shape index (κ1) is 15.4. The van der Waals surface area contributed by atoms with Crippen LogP contribution < -0.4 is 5.73 Å². The van der Waals surface area contributed by atoms with E-state index in [0.29, 0.717) is 5.56 Å². The van der Waals surface area contributed by atoms with Crippen molar-refractivity contribution in [2.75, 3.05) is 20.2 Å². The standard InChI is InChI=1S/C15H21FN2OS/c1-15(19-2)6-3-7-18(10-15)9-11-4-5-13(16)12(8-11)14(17)20/h4-5,8H,3,6-7,9-10H2,1-2H3,(H2,17,20). The summed E-state index contributed by atoms with van der Waals surface area (Å²) in [7, 11) is 1.76. The summed E-state index contributed by atoms with van der Waals surface area (Å²) in [5, 5.41) is 0. The van der Waals surface area contributed by atoms with E-state index < -0.39 is 0 Å². The van der Waals surface area contributed by atoms with Gasteiger partial charge in [-0.25, -0.2) is 4.39 Å². The van der Waals surface area contributed by atoms with Gasteiger partial charge >= 0.3 is 0 Å².